The maximum Gasteiger partial charge on any atom is 0.265 e. The lowest BCUT2D eigenvalue weighted by Gasteiger charge is -2.07. The fourth-order valence-corrected chi connectivity index (χ4v) is 2.02. The van der Waals surface area contributed by atoms with Gasteiger partial charge in [0.2, 0.25) is 0 Å². The summed E-state index contributed by atoms with van der Waals surface area (Å²) < 4.78 is 1.77. The van der Waals surface area contributed by atoms with Gasteiger partial charge in [0.15, 0.2) is 0 Å². The molecule has 0 fully saturated rings. The second kappa shape index (κ2) is 4.00. The molecule has 88 valence electrons. The molecule has 2 heterocycles. The molecule has 0 aliphatic carbocycles. The molecule has 1 aromatic carbocycles. The minimum Gasteiger partial charge on any atom is -0.364 e. The van der Waals surface area contributed by atoms with E-state index in [9.17, 15) is 4.79 Å². The number of benzene rings is 1. The van der Waals surface area contributed by atoms with Crippen LogP contribution in [0.1, 0.15) is 10.5 Å². The summed E-state index contributed by atoms with van der Waals surface area (Å²) >= 11 is 0. The average Bonchev–Trinajstić information content (AvgIpc) is 2.87. The monoisotopic (exact) mass is 237 g/mol. The Hall–Kier alpha value is -2.62. The summed E-state index contributed by atoms with van der Waals surface area (Å²) in [5, 5.41) is 1.03. The first-order valence-corrected chi connectivity index (χ1v) is 5.58. The van der Waals surface area contributed by atoms with Crippen molar-refractivity contribution in [3.8, 4) is 5.69 Å². The van der Waals surface area contributed by atoms with E-state index in [1.165, 1.54) is 0 Å². The molecule has 0 spiro atoms. The van der Waals surface area contributed by atoms with E-state index in [4.69, 9.17) is 5.73 Å². The number of nitrogens with two attached hydrogens (primary N) is 1. The molecule has 2 N–H and O–H groups in total. The second-order valence-electron chi connectivity index (χ2n) is 4.01. The molecule has 4 heteroatoms. The molecule has 0 radical (unpaired) electrons. The Bertz CT molecular complexity index is 730. The molecule has 2 aromatic heterocycles. The van der Waals surface area contributed by atoms with Crippen molar-refractivity contribution in [2.75, 3.05) is 0 Å². The molecular formula is C14H11N3O. The summed E-state index contributed by atoms with van der Waals surface area (Å²) in [5.41, 5.74) is 7.63. The molecule has 0 unspecified atom stereocenters. The number of aromatic nitrogens is 2. The summed E-state index contributed by atoms with van der Waals surface area (Å²) in [6.07, 6.45) is 3.57. The van der Waals surface area contributed by atoms with Crippen molar-refractivity contribution in [3.05, 3.63) is 60.6 Å². The van der Waals surface area contributed by atoms with Crippen LogP contribution in [-0.2, 0) is 0 Å². The molecule has 0 saturated carbocycles. The molecule has 3 rings (SSSR count). The number of amides is 1. The number of carbonyl (C=O) groups excluding carboxylic acids is 1. The van der Waals surface area contributed by atoms with Crippen LogP contribution in [0.25, 0.3) is 16.6 Å². The lowest BCUT2D eigenvalue weighted by molar-refractivity contribution is 0.0994. The highest BCUT2D eigenvalue weighted by Crippen LogP contribution is 2.18. The largest absolute Gasteiger partial charge is 0.364 e. The summed E-state index contributed by atoms with van der Waals surface area (Å²) in [6.45, 7) is 0. The number of fused-ring (bicyclic) bond motifs is 1. The third-order valence-corrected chi connectivity index (χ3v) is 2.87. The van der Waals surface area contributed by atoms with Crippen molar-refractivity contribution < 1.29 is 4.79 Å². The van der Waals surface area contributed by atoms with Crippen molar-refractivity contribution in [1.82, 2.24) is 9.55 Å². The van der Waals surface area contributed by atoms with Crippen LogP contribution in [0.15, 0.2) is 54.9 Å². The van der Waals surface area contributed by atoms with Gasteiger partial charge in [0, 0.05) is 23.5 Å². The molecule has 4 nitrogen and oxygen atoms in total. The number of carbonyl (C=O) groups is 1. The van der Waals surface area contributed by atoms with Crippen LogP contribution in [0.4, 0.5) is 0 Å². The van der Waals surface area contributed by atoms with Crippen molar-refractivity contribution >= 4 is 16.8 Å². The lowest BCUT2D eigenvalue weighted by Crippen LogP contribution is -2.15. The van der Waals surface area contributed by atoms with Crippen molar-refractivity contribution in [2.24, 2.45) is 5.73 Å². The van der Waals surface area contributed by atoms with Gasteiger partial charge >= 0.3 is 0 Å². The molecule has 0 aliphatic heterocycles. The van der Waals surface area contributed by atoms with Gasteiger partial charge in [-0.15, -0.1) is 0 Å². The highest BCUT2D eigenvalue weighted by atomic mass is 16.1. The maximum atomic E-state index is 11.3. The lowest BCUT2D eigenvalue weighted by atomic mass is 10.2. The average molecular weight is 237 g/mol. The molecule has 3 aromatic rings. The highest BCUT2D eigenvalue weighted by Gasteiger charge is 2.08. The van der Waals surface area contributed by atoms with Crippen LogP contribution in [0.3, 0.4) is 0 Å². The van der Waals surface area contributed by atoms with Gasteiger partial charge < -0.3 is 10.3 Å². The number of rotatable bonds is 2. The zero-order valence-electron chi connectivity index (χ0n) is 9.58. The Morgan fingerprint density at radius 2 is 2.06 bits per heavy atom. The highest BCUT2D eigenvalue weighted by molar-refractivity contribution is 5.92. The third kappa shape index (κ3) is 1.64. The van der Waals surface area contributed by atoms with E-state index >= 15 is 0 Å². The molecule has 0 aliphatic rings. The number of nitrogens with zero attached hydrogens (tertiary/aromatic N) is 2. The first-order valence-electron chi connectivity index (χ1n) is 5.58. The summed E-state index contributed by atoms with van der Waals surface area (Å²) in [5.74, 6) is -0.439. The second-order valence-corrected chi connectivity index (χ2v) is 4.01. The van der Waals surface area contributed by atoms with Gasteiger partial charge in [-0.2, -0.15) is 0 Å². The van der Waals surface area contributed by atoms with Crippen molar-refractivity contribution in [2.45, 2.75) is 0 Å². The first-order chi connectivity index (χ1) is 8.75. The Morgan fingerprint density at radius 1 is 1.17 bits per heavy atom. The Kier molecular flexibility index (Phi) is 2.34. The molecule has 1 amide bonds. The Balaban J connectivity index is 2.19. The first kappa shape index (κ1) is 10.5. The van der Waals surface area contributed by atoms with E-state index in [-0.39, 0.29) is 0 Å². The number of pyridine rings is 1. The minimum atomic E-state index is -0.439. The van der Waals surface area contributed by atoms with Crippen LogP contribution in [0.5, 0.6) is 0 Å². The Labute approximate surface area is 104 Å². The maximum absolute atomic E-state index is 11.3. The topological polar surface area (TPSA) is 60.9 Å². The summed E-state index contributed by atoms with van der Waals surface area (Å²) in [6, 6.07) is 13.2. The summed E-state index contributed by atoms with van der Waals surface area (Å²) in [7, 11) is 0. The quantitative estimate of drug-likeness (QED) is 0.742. The van der Waals surface area contributed by atoms with E-state index in [0.29, 0.717) is 5.69 Å². The van der Waals surface area contributed by atoms with Crippen LogP contribution >= 0.6 is 0 Å². The SMILES string of the molecule is NC(=O)c1cccn1-c1ccc2ncccc2c1. The van der Waals surface area contributed by atoms with Crippen LogP contribution in [0, 0.1) is 0 Å². The number of primary amides is 1. The van der Waals surface area contributed by atoms with Crippen LogP contribution in [-0.4, -0.2) is 15.5 Å². The standard InChI is InChI=1S/C14H11N3O/c15-14(18)13-4-2-8-17(13)11-5-6-12-10(9-11)3-1-7-16-12/h1-9H,(H2,15,18). The van der Waals surface area contributed by atoms with Crippen molar-refractivity contribution in [3.63, 3.8) is 0 Å². The smallest absolute Gasteiger partial charge is 0.265 e. The molecule has 0 saturated heterocycles. The van der Waals surface area contributed by atoms with E-state index < -0.39 is 5.91 Å². The molecule has 0 atom stereocenters. The predicted octanol–water partition coefficient (Wildman–Crippen LogP) is 2.12. The Morgan fingerprint density at radius 3 is 2.89 bits per heavy atom. The van der Waals surface area contributed by atoms with Gasteiger partial charge in [-0.05, 0) is 36.4 Å². The van der Waals surface area contributed by atoms with Gasteiger partial charge in [0.25, 0.3) is 5.91 Å². The molecule has 18 heavy (non-hydrogen) atoms. The van der Waals surface area contributed by atoms with E-state index in [0.717, 1.165) is 16.6 Å². The third-order valence-electron chi connectivity index (χ3n) is 2.87. The van der Waals surface area contributed by atoms with Gasteiger partial charge in [0.05, 0.1) is 5.52 Å². The minimum absolute atomic E-state index is 0.439. The van der Waals surface area contributed by atoms with Crippen LogP contribution < -0.4 is 5.73 Å². The predicted molar refractivity (Wildman–Crippen MR) is 69.6 cm³/mol. The van der Waals surface area contributed by atoms with Crippen molar-refractivity contribution in [1.29, 1.82) is 0 Å². The summed E-state index contributed by atoms with van der Waals surface area (Å²) in [4.78, 5) is 15.6. The van der Waals surface area contributed by atoms with Gasteiger partial charge in [0.1, 0.15) is 5.69 Å². The molecule has 0 bridgehead atoms. The zero-order valence-corrected chi connectivity index (χ0v) is 9.58. The van der Waals surface area contributed by atoms with E-state index in [2.05, 4.69) is 4.98 Å². The van der Waals surface area contributed by atoms with E-state index in [1.54, 1.807) is 22.9 Å². The van der Waals surface area contributed by atoms with Crippen LogP contribution in [0.2, 0.25) is 0 Å². The zero-order chi connectivity index (χ0) is 12.5. The molecular weight excluding hydrogens is 226 g/mol. The van der Waals surface area contributed by atoms with Gasteiger partial charge in [-0.25, -0.2) is 0 Å². The normalized spacial score (nSPS) is 10.7. The number of hydrogen-bond donors (Lipinski definition) is 1. The fraction of sp³-hybridized carbons (Fsp3) is 0. The fourth-order valence-electron chi connectivity index (χ4n) is 2.02. The van der Waals surface area contributed by atoms with Gasteiger partial charge in [-0.1, -0.05) is 6.07 Å². The number of hydrogen-bond acceptors (Lipinski definition) is 2. The van der Waals surface area contributed by atoms with E-state index in [1.807, 2.05) is 36.5 Å². The van der Waals surface area contributed by atoms with Gasteiger partial charge in [-0.3, -0.25) is 9.78 Å².